The molecule has 0 bridgehead atoms. The predicted octanol–water partition coefficient (Wildman–Crippen LogP) is 1.24. The molecule has 0 aromatic heterocycles. The van der Waals surface area contributed by atoms with Crippen LogP contribution in [0.3, 0.4) is 0 Å². The van der Waals surface area contributed by atoms with E-state index in [1.165, 1.54) is 12.1 Å². The van der Waals surface area contributed by atoms with Gasteiger partial charge in [0.1, 0.15) is 0 Å². The Bertz CT molecular complexity index is 436. The molecule has 0 unspecified atom stereocenters. The first-order valence-corrected chi connectivity index (χ1v) is 5.00. The minimum Gasteiger partial charge on any atom is -0.490 e. The van der Waals surface area contributed by atoms with Crippen molar-refractivity contribution >= 4 is 11.9 Å². The van der Waals surface area contributed by atoms with Gasteiger partial charge in [0.2, 0.25) is 0 Å². The molecule has 0 saturated heterocycles. The molecule has 17 heavy (non-hydrogen) atoms. The van der Waals surface area contributed by atoms with Crippen molar-refractivity contribution in [3.05, 3.63) is 23.3 Å². The van der Waals surface area contributed by atoms with Crippen LogP contribution in [0.2, 0.25) is 0 Å². The van der Waals surface area contributed by atoms with Crippen LogP contribution >= 0.6 is 0 Å². The highest BCUT2D eigenvalue weighted by atomic mass is 16.5. The van der Waals surface area contributed by atoms with E-state index in [1.807, 2.05) is 0 Å². The van der Waals surface area contributed by atoms with Gasteiger partial charge < -0.3 is 19.7 Å². The van der Waals surface area contributed by atoms with E-state index in [9.17, 15) is 9.59 Å². The van der Waals surface area contributed by atoms with Crippen LogP contribution in [0, 0.1) is 0 Å². The maximum atomic E-state index is 10.9. The van der Waals surface area contributed by atoms with Gasteiger partial charge in [-0.1, -0.05) is 0 Å². The van der Waals surface area contributed by atoms with E-state index in [1.54, 1.807) is 0 Å². The Balaban J connectivity index is 2.56. The molecule has 0 radical (unpaired) electrons. The summed E-state index contributed by atoms with van der Waals surface area (Å²) < 4.78 is 10.6. The van der Waals surface area contributed by atoms with Crippen LogP contribution in [0.5, 0.6) is 11.5 Å². The fourth-order valence-electron chi connectivity index (χ4n) is 1.56. The van der Waals surface area contributed by atoms with Crippen molar-refractivity contribution in [1.29, 1.82) is 0 Å². The van der Waals surface area contributed by atoms with E-state index >= 15 is 0 Å². The first kappa shape index (κ1) is 11.3. The predicted molar refractivity (Wildman–Crippen MR) is 56.0 cm³/mol. The second-order valence-electron chi connectivity index (χ2n) is 3.51. The van der Waals surface area contributed by atoms with Crippen molar-refractivity contribution in [3.63, 3.8) is 0 Å². The molecule has 2 N–H and O–H groups in total. The third kappa shape index (κ3) is 2.15. The average Bonchev–Trinajstić information content (AvgIpc) is 2.51. The quantitative estimate of drug-likeness (QED) is 0.805. The molecule has 6 nitrogen and oxygen atoms in total. The lowest BCUT2D eigenvalue weighted by Gasteiger charge is -2.10. The van der Waals surface area contributed by atoms with Gasteiger partial charge in [0, 0.05) is 6.42 Å². The molecular formula is C11H10O6. The molecule has 0 amide bonds. The maximum Gasteiger partial charge on any atom is 0.336 e. The summed E-state index contributed by atoms with van der Waals surface area (Å²) in [4.78, 5) is 21.9. The number of fused-ring (bicyclic) bond motifs is 1. The Morgan fingerprint density at radius 2 is 1.35 bits per heavy atom. The number of hydrogen-bond donors (Lipinski definition) is 2. The second-order valence-corrected chi connectivity index (χ2v) is 3.51. The summed E-state index contributed by atoms with van der Waals surface area (Å²) in [5, 5.41) is 17.9. The molecule has 1 aromatic carbocycles. The Labute approximate surface area is 96.4 Å². The zero-order valence-electron chi connectivity index (χ0n) is 8.80. The number of rotatable bonds is 2. The lowest BCUT2D eigenvalue weighted by Crippen LogP contribution is -2.09. The zero-order valence-corrected chi connectivity index (χ0v) is 8.80. The topological polar surface area (TPSA) is 93.1 Å². The Morgan fingerprint density at radius 1 is 0.941 bits per heavy atom. The lowest BCUT2D eigenvalue weighted by molar-refractivity contribution is 0.0651. The monoisotopic (exact) mass is 238 g/mol. The zero-order chi connectivity index (χ0) is 12.4. The number of aromatic carboxylic acids is 2. The van der Waals surface area contributed by atoms with Gasteiger partial charge in [0.15, 0.2) is 11.5 Å². The molecule has 1 aliphatic rings. The third-order valence-electron chi connectivity index (χ3n) is 2.35. The Morgan fingerprint density at radius 3 is 1.71 bits per heavy atom. The fourth-order valence-corrected chi connectivity index (χ4v) is 1.56. The number of carboxylic acid groups (broad SMARTS) is 2. The van der Waals surface area contributed by atoms with Crippen LogP contribution in [0.15, 0.2) is 12.1 Å². The molecule has 1 aliphatic heterocycles. The van der Waals surface area contributed by atoms with Crippen molar-refractivity contribution < 1.29 is 29.3 Å². The van der Waals surface area contributed by atoms with Crippen LogP contribution in [-0.2, 0) is 0 Å². The largest absolute Gasteiger partial charge is 0.490 e. The first-order valence-electron chi connectivity index (χ1n) is 5.00. The minimum atomic E-state index is -1.31. The second kappa shape index (κ2) is 4.32. The van der Waals surface area contributed by atoms with Gasteiger partial charge in [-0.15, -0.1) is 0 Å². The summed E-state index contributed by atoms with van der Waals surface area (Å²) >= 11 is 0. The van der Waals surface area contributed by atoms with Crippen LogP contribution in [-0.4, -0.2) is 35.4 Å². The van der Waals surface area contributed by atoms with E-state index in [4.69, 9.17) is 19.7 Å². The highest BCUT2D eigenvalue weighted by Gasteiger charge is 2.22. The Kier molecular flexibility index (Phi) is 2.86. The van der Waals surface area contributed by atoms with E-state index in [0.29, 0.717) is 19.6 Å². The fraction of sp³-hybridized carbons (Fsp3) is 0.273. The summed E-state index contributed by atoms with van der Waals surface area (Å²) in [7, 11) is 0. The summed E-state index contributed by atoms with van der Waals surface area (Å²) in [6, 6.07) is 2.37. The molecule has 1 heterocycles. The lowest BCUT2D eigenvalue weighted by atomic mass is 10.1. The summed E-state index contributed by atoms with van der Waals surface area (Å²) in [5.41, 5.74) is -0.608. The van der Waals surface area contributed by atoms with E-state index in [2.05, 4.69) is 0 Å². The van der Waals surface area contributed by atoms with Gasteiger partial charge in [-0.3, -0.25) is 0 Å². The first-order chi connectivity index (χ1) is 8.09. The molecule has 2 rings (SSSR count). The maximum absolute atomic E-state index is 10.9. The van der Waals surface area contributed by atoms with Crippen molar-refractivity contribution in [3.8, 4) is 11.5 Å². The van der Waals surface area contributed by atoms with Crippen LogP contribution in [0.25, 0.3) is 0 Å². The number of carbonyl (C=O) groups is 2. The van der Waals surface area contributed by atoms with Gasteiger partial charge in [-0.25, -0.2) is 9.59 Å². The van der Waals surface area contributed by atoms with Crippen molar-refractivity contribution in [2.24, 2.45) is 0 Å². The molecule has 0 spiro atoms. The SMILES string of the molecule is O=C(O)c1cc2c(cc1C(=O)O)OCCCO2. The number of benzene rings is 1. The smallest absolute Gasteiger partial charge is 0.336 e. The van der Waals surface area contributed by atoms with Gasteiger partial charge in [-0.05, 0) is 12.1 Å². The summed E-state index contributed by atoms with van der Waals surface area (Å²) in [5.74, 6) is -2.08. The molecule has 0 atom stereocenters. The number of carboxylic acids is 2. The molecular weight excluding hydrogens is 228 g/mol. The molecule has 1 aromatic rings. The van der Waals surface area contributed by atoms with Crippen molar-refractivity contribution in [2.75, 3.05) is 13.2 Å². The van der Waals surface area contributed by atoms with Gasteiger partial charge in [0.25, 0.3) is 0 Å². The average molecular weight is 238 g/mol. The van der Waals surface area contributed by atoms with Gasteiger partial charge in [0.05, 0.1) is 24.3 Å². The van der Waals surface area contributed by atoms with E-state index in [0.717, 1.165) is 0 Å². The summed E-state index contributed by atoms with van der Waals surface area (Å²) in [6.07, 6.45) is 0.666. The van der Waals surface area contributed by atoms with Crippen LogP contribution < -0.4 is 9.47 Å². The standard InChI is InChI=1S/C11H10O6/c12-10(13)6-4-8-9(5-7(6)11(14)15)17-3-1-2-16-8/h4-5H,1-3H2,(H,12,13)(H,14,15). The molecule has 0 fully saturated rings. The van der Waals surface area contributed by atoms with Crippen molar-refractivity contribution in [1.82, 2.24) is 0 Å². The van der Waals surface area contributed by atoms with E-state index in [-0.39, 0.29) is 22.6 Å². The highest BCUT2D eigenvalue weighted by Crippen LogP contribution is 2.32. The van der Waals surface area contributed by atoms with Crippen LogP contribution in [0.4, 0.5) is 0 Å². The third-order valence-corrected chi connectivity index (χ3v) is 2.35. The normalized spacial score (nSPS) is 13.9. The highest BCUT2D eigenvalue weighted by molar-refractivity contribution is 6.02. The number of hydrogen-bond acceptors (Lipinski definition) is 4. The van der Waals surface area contributed by atoms with E-state index < -0.39 is 11.9 Å². The minimum absolute atomic E-state index is 0.268. The van der Waals surface area contributed by atoms with Crippen LogP contribution in [0.1, 0.15) is 27.1 Å². The summed E-state index contributed by atoms with van der Waals surface area (Å²) in [6.45, 7) is 0.830. The van der Waals surface area contributed by atoms with Crippen molar-refractivity contribution in [2.45, 2.75) is 6.42 Å². The molecule has 90 valence electrons. The molecule has 0 saturated carbocycles. The van der Waals surface area contributed by atoms with Gasteiger partial charge >= 0.3 is 11.9 Å². The molecule has 6 heteroatoms. The Hall–Kier alpha value is -2.24. The van der Waals surface area contributed by atoms with Gasteiger partial charge in [-0.2, -0.15) is 0 Å². The molecule has 0 aliphatic carbocycles. The number of ether oxygens (including phenoxy) is 2.